The van der Waals surface area contributed by atoms with E-state index in [1.807, 2.05) is 11.8 Å². The summed E-state index contributed by atoms with van der Waals surface area (Å²) in [6, 6.07) is 3.53. The smallest absolute Gasteiger partial charge is 0.274 e. The van der Waals surface area contributed by atoms with Crippen LogP contribution < -0.4 is 5.32 Å². The van der Waals surface area contributed by atoms with Gasteiger partial charge in [0.25, 0.3) is 5.91 Å². The Kier molecular flexibility index (Phi) is 4.77. The summed E-state index contributed by atoms with van der Waals surface area (Å²) in [5.41, 5.74) is 0.572. The maximum Gasteiger partial charge on any atom is 0.274 e. The summed E-state index contributed by atoms with van der Waals surface area (Å²) in [6.07, 6.45) is 1.04. The van der Waals surface area contributed by atoms with Crippen molar-refractivity contribution in [1.82, 2.24) is 9.88 Å². The molecule has 21 heavy (non-hydrogen) atoms. The Morgan fingerprint density at radius 2 is 2.19 bits per heavy atom. The third-order valence-electron chi connectivity index (χ3n) is 4.11. The van der Waals surface area contributed by atoms with Crippen LogP contribution in [0.3, 0.4) is 0 Å². The van der Waals surface area contributed by atoms with Gasteiger partial charge >= 0.3 is 0 Å². The molecule has 0 aromatic carbocycles. The van der Waals surface area contributed by atoms with Crippen molar-refractivity contribution in [1.29, 1.82) is 0 Å². The van der Waals surface area contributed by atoms with Crippen LogP contribution in [-0.2, 0) is 0 Å². The highest BCUT2D eigenvalue weighted by Gasteiger charge is 2.35. The molecule has 1 saturated heterocycles. The number of carbonyl (C=O) groups is 1. The maximum atomic E-state index is 12.6. The summed E-state index contributed by atoms with van der Waals surface area (Å²) in [4.78, 5) is 18.9. The van der Waals surface area contributed by atoms with Crippen LogP contribution in [0.25, 0.3) is 0 Å². The second-order valence-electron chi connectivity index (χ2n) is 6.66. The molecule has 5 heteroatoms. The highest BCUT2D eigenvalue weighted by Crippen LogP contribution is 2.34. The predicted octanol–water partition coefficient (Wildman–Crippen LogP) is 3.68. The van der Waals surface area contributed by atoms with Crippen molar-refractivity contribution in [3.8, 4) is 0 Å². The normalized spacial score (nSPS) is 18.9. The van der Waals surface area contributed by atoms with Crippen molar-refractivity contribution >= 4 is 23.3 Å². The van der Waals surface area contributed by atoms with E-state index in [0.29, 0.717) is 22.5 Å². The molecule has 1 atom stereocenters. The quantitative estimate of drug-likeness (QED) is 0.926. The fourth-order valence-electron chi connectivity index (χ4n) is 2.67. The van der Waals surface area contributed by atoms with Crippen LogP contribution in [0, 0.1) is 11.3 Å². The molecule has 1 aliphatic rings. The molecule has 0 aliphatic carbocycles. The van der Waals surface area contributed by atoms with Crippen LogP contribution >= 0.6 is 11.6 Å². The lowest BCUT2D eigenvalue weighted by molar-refractivity contribution is 0.0771. The standard InChI is InChI=1S/C16H24ClN3O/c1-5-18-13-7-6-12(17)14(19-13)15(21)20-9-8-11(10-20)16(2,3)4/h6-7,11H,5,8-10H2,1-4H3,(H,18,19). The Balaban J connectivity index is 2.16. The summed E-state index contributed by atoms with van der Waals surface area (Å²) < 4.78 is 0. The summed E-state index contributed by atoms with van der Waals surface area (Å²) in [6.45, 7) is 11.0. The minimum absolute atomic E-state index is 0.0634. The van der Waals surface area contributed by atoms with Gasteiger partial charge in [0.05, 0.1) is 5.02 Å². The Bertz CT molecular complexity index is 525. The lowest BCUT2D eigenvalue weighted by Crippen LogP contribution is -2.32. The highest BCUT2D eigenvalue weighted by molar-refractivity contribution is 6.33. The van der Waals surface area contributed by atoms with Gasteiger partial charge in [-0.2, -0.15) is 0 Å². The van der Waals surface area contributed by atoms with Gasteiger partial charge in [-0.05, 0) is 36.8 Å². The predicted molar refractivity (Wildman–Crippen MR) is 86.9 cm³/mol. The molecule has 1 amide bonds. The number of rotatable bonds is 3. The van der Waals surface area contributed by atoms with Crippen molar-refractivity contribution in [3.63, 3.8) is 0 Å². The monoisotopic (exact) mass is 309 g/mol. The molecule has 116 valence electrons. The SMILES string of the molecule is CCNc1ccc(Cl)c(C(=O)N2CCC(C(C)(C)C)C2)n1. The molecule has 1 N–H and O–H groups in total. The fourth-order valence-corrected chi connectivity index (χ4v) is 2.86. The number of likely N-dealkylation sites (tertiary alicyclic amines) is 1. The van der Waals surface area contributed by atoms with Crippen molar-refractivity contribution in [2.24, 2.45) is 11.3 Å². The van der Waals surface area contributed by atoms with E-state index in [0.717, 1.165) is 26.1 Å². The third kappa shape index (κ3) is 3.67. The third-order valence-corrected chi connectivity index (χ3v) is 4.41. The minimum atomic E-state index is -0.0634. The van der Waals surface area contributed by atoms with Crippen LogP contribution in [-0.4, -0.2) is 35.4 Å². The van der Waals surface area contributed by atoms with Crippen molar-refractivity contribution in [3.05, 3.63) is 22.8 Å². The zero-order valence-electron chi connectivity index (χ0n) is 13.2. The van der Waals surface area contributed by atoms with E-state index in [9.17, 15) is 4.79 Å². The van der Waals surface area contributed by atoms with Crippen molar-refractivity contribution in [2.45, 2.75) is 34.1 Å². The molecule has 1 aliphatic heterocycles. The molecular formula is C16H24ClN3O. The Hall–Kier alpha value is -1.29. The number of carbonyl (C=O) groups excluding carboxylic acids is 1. The van der Waals surface area contributed by atoms with E-state index in [4.69, 9.17) is 11.6 Å². The van der Waals surface area contributed by atoms with Gasteiger partial charge in [-0.15, -0.1) is 0 Å². The Morgan fingerprint density at radius 3 is 2.76 bits per heavy atom. The van der Waals surface area contributed by atoms with E-state index < -0.39 is 0 Å². The number of hydrogen-bond donors (Lipinski definition) is 1. The lowest BCUT2D eigenvalue weighted by atomic mass is 9.80. The average molecular weight is 310 g/mol. The number of nitrogens with one attached hydrogen (secondary N) is 1. The molecule has 2 heterocycles. The molecular weight excluding hydrogens is 286 g/mol. The topological polar surface area (TPSA) is 45.2 Å². The van der Waals surface area contributed by atoms with Gasteiger partial charge in [0.15, 0.2) is 0 Å². The molecule has 0 radical (unpaired) electrons. The van der Waals surface area contributed by atoms with E-state index >= 15 is 0 Å². The fraction of sp³-hybridized carbons (Fsp3) is 0.625. The van der Waals surface area contributed by atoms with Gasteiger partial charge in [0.1, 0.15) is 11.5 Å². The molecule has 0 bridgehead atoms. The molecule has 1 unspecified atom stereocenters. The van der Waals surface area contributed by atoms with Crippen LogP contribution in [0.15, 0.2) is 12.1 Å². The summed E-state index contributed by atoms with van der Waals surface area (Å²) in [7, 11) is 0. The zero-order chi connectivity index (χ0) is 15.6. The van der Waals surface area contributed by atoms with Crippen LogP contribution in [0.1, 0.15) is 44.6 Å². The molecule has 1 aromatic rings. The first-order chi connectivity index (χ1) is 9.82. The summed E-state index contributed by atoms with van der Waals surface area (Å²) in [5.74, 6) is 1.15. The highest BCUT2D eigenvalue weighted by atomic mass is 35.5. The van der Waals surface area contributed by atoms with E-state index in [1.54, 1.807) is 12.1 Å². The maximum absolute atomic E-state index is 12.6. The number of halogens is 1. The Labute approximate surface area is 131 Å². The number of aromatic nitrogens is 1. The first-order valence-corrected chi connectivity index (χ1v) is 7.90. The van der Waals surface area contributed by atoms with Crippen molar-refractivity contribution in [2.75, 3.05) is 25.0 Å². The van der Waals surface area contributed by atoms with E-state index in [-0.39, 0.29) is 11.3 Å². The number of anilines is 1. The molecule has 2 rings (SSSR count). The molecule has 1 fully saturated rings. The van der Waals surface area contributed by atoms with Gasteiger partial charge in [-0.3, -0.25) is 4.79 Å². The molecule has 0 saturated carbocycles. The largest absolute Gasteiger partial charge is 0.370 e. The summed E-state index contributed by atoms with van der Waals surface area (Å²) >= 11 is 6.16. The average Bonchev–Trinajstić information content (AvgIpc) is 2.90. The van der Waals surface area contributed by atoms with Gasteiger partial charge in [0, 0.05) is 19.6 Å². The molecule has 4 nitrogen and oxygen atoms in total. The van der Waals surface area contributed by atoms with Gasteiger partial charge in [-0.1, -0.05) is 32.4 Å². The van der Waals surface area contributed by atoms with Crippen LogP contribution in [0.5, 0.6) is 0 Å². The van der Waals surface area contributed by atoms with Gasteiger partial charge in [0.2, 0.25) is 0 Å². The Morgan fingerprint density at radius 1 is 1.48 bits per heavy atom. The number of hydrogen-bond acceptors (Lipinski definition) is 3. The number of pyridine rings is 1. The summed E-state index contributed by atoms with van der Waals surface area (Å²) in [5, 5.41) is 3.53. The first kappa shape index (κ1) is 16.1. The molecule has 0 spiro atoms. The van der Waals surface area contributed by atoms with Crippen molar-refractivity contribution < 1.29 is 4.79 Å². The first-order valence-electron chi connectivity index (χ1n) is 7.52. The lowest BCUT2D eigenvalue weighted by Gasteiger charge is -2.27. The zero-order valence-corrected chi connectivity index (χ0v) is 14.0. The van der Waals surface area contributed by atoms with Crippen LogP contribution in [0.2, 0.25) is 5.02 Å². The number of amides is 1. The van der Waals surface area contributed by atoms with Gasteiger partial charge in [-0.25, -0.2) is 4.98 Å². The van der Waals surface area contributed by atoms with Crippen LogP contribution in [0.4, 0.5) is 5.82 Å². The minimum Gasteiger partial charge on any atom is -0.370 e. The number of nitrogens with zero attached hydrogens (tertiary/aromatic N) is 2. The van der Waals surface area contributed by atoms with E-state index in [2.05, 4.69) is 31.1 Å². The van der Waals surface area contributed by atoms with Gasteiger partial charge < -0.3 is 10.2 Å². The van der Waals surface area contributed by atoms with E-state index in [1.165, 1.54) is 0 Å². The second-order valence-corrected chi connectivity index (χ2v) is 7.07. The molecule has 1 aromatic heterocycles. The second kappa shape index (κ2) is 6.22.